The highest BCUT2D eigenvalue weighted by atomic mass is 35.5. The summed E-state index contributed by atoms with van der Waals surface area (Å²) in [4.78, 5) is 14.7. The van der Waals surface area contributed by atoms with E-state index in [0.29, 0.717) is 5.82 Å². The molecule has 0 amide bonds. The molecule has 0 saturated heterocycles. The monoisotopic (exact) mass is 202 g/mol. The van der Waals surface area contributed by atoms with Crippen molar-refractivity contribution in [3.05, 3.63) is 16.7 Å². The first-order valence-electron chi connectivity index (χ1n) is 4.02. The summed E-state index contributed by atoms with van der Waals surface area (Å²) in [5, 5.41) is 8.85. The highest BCUT2D eigenvalue weighted by molar-refractivity contribution is 6.32. The largest absolute Gasteiger partial charge is 0.476 e. The van der Waals surface area contributed by atoms with Gasteiger partial charge in [-0.15, -0.1) is 0 Å². The summed E-state index contributed by atoms with van der Waals surface area (Å²) in [5.41, 5.74) is 0.0603. The number of nitrogens with zero attached hydrogens (tertiary/aromatic N) is 2. The van der Waals surface area contributed by atoms with Crippen molar-refractivity contribution < 1.29 is 9.90 Å². The third kappa shape index (κ3) is 1.83. The van der Waals surface area contributed by atoms with Crippen LogP contribution in [-0.4, -0.2) is 20.6 Å². The van der Waals surface area contributed by atoms with Crippen molar-refractivity contribution >= 4 is 17.6 Å². The Morgan fingerprint density at radius 2 is 2.31 bits per heavy atom. The number of carboxylic acids is 1. The smallest absolute Gasteiger partial charge is 0.355 e. The first kappa shape index (κ1) is 10.1. The van der Waals surface area contributed by atoms with Crippen LogP contribution in [0.3, 0.4) is 0 Å². The van der Waals surface area contributed by atoms with Crippen LogP contribution >= 0.6 is 11.6 Å². The molecule has 0 spiro atoms. The van der Waals surface area contributed by atoms with Crippen molar-refractivity contribution in [2.24, 2.45) is 7.05 Å². The fourth-order valence-corrected chi connectivity index (χ4v) is 1.49. The van der Waals surface area contributed by atoms with Gasteiger partial charge in [-0.25, -0.2) is 9.78 Å². The molecular formula is C8H11ClN2O2. The molecular weight excluding hydrogens is 192 g/mol. The second-order valence-corrected chi connectivity index (χ2v) is 3.14. The molecule has 0 radical (unpaired) electrons. The van der Waals surface area contributed by atoms with Crippen LogP contribution in [0.25, 0.3) is 0 Å². The van der Waals surface area contributed by atoms with Gasteiger partial charge in [0, 0.05) is 13.5 Å². The molecule has 0 aliphatic carbocycles. The van der Waals surface area contributed by atoms with E-state index in [0.717, 1.165) is 12.8 Å². The van der Waals surface area contributed by atoms with E-state index in [2.05, 4.69) is 4.98 Å². The van der Waals surface area contributed by atoms with Crippen molar-refractivity contribution in [2.75, 3.05) is 0 Å². The lowest BCUT2D eigenvalue weighted by Gasteiger charge is -2.00. The van der Waals surface area contributed by atoms with Gasteiger partial charge in [0.25, 0.3) is 0 Å². The van der Waals surface area contributed by atoms with Crippen LogP contribution in [0.15, 0.2) is 0 Å². The molecule has 5 heteroatoms. The van der Waals surface area contributed by atoms with E-state index in [1.54, 1.807) is 7.05 Å². The van der Waals surface area contributed by atoms with Crippen molar-refractivity contribution in [3.63, 3.8) is 0 Å². The number of hydrogen-bond acceptors (Lipinski definition) is 2. The first-order valence-corrected chi connectivity index (χ1v) is 4.40. The Morgan fingerprint density at radius 3 is 2.69 bits per heavy atom. The first-order chi connectivity index (χ1) is 6.07. The third-order valence-electron chi connectivity index (χ3n) is 1.82. The van der Waals surface area contributed by atoms with Crippen LogP contribution in [-0.2, 0) is 13.5 Å². The molecule has 13 heavy (non-hydrogen) atoms. The molecule has 0 saturated carbocycles. The molecule has 0 atom stereocenters. The van der Waals surface area contributed by atoms with Crippen molar-refractivity contribution in [1.82, 2.24) is 9.55 Å². The predicted molar refractivity (Wildman–Crippen MR) is 49.2 cm³/mol. The van der Waals surface area contributed by atoms with E-state index in [1.165, 1.54) is 4.57 Å². The van der Waals surface area contributed by atoms with E-state index in [-0.39, 0.29) is 10.8 Å². The van der Waals surface area contributed by atoms with E-state index in [9.17, 15) is 4.79 Å². The summed E-state index contributed by atoms with van der Waals surface area (Å²) in [6.45, 7) is 2.00. The second kappa shape index (κ2) is 3.79. The molecule has 4 nitrogen and oxygen atoms in total. The van der Waals surface area contributed by atoms with Gasteiger partial charge in [0.2, 0.25) is 0 Å². The van der Waals surface area contributed by atoms with Gasteiger partial charge in [-0.3, -0.25) is 0 Å². The van der Waals surface area contributed by atoms with E-state index >= 15 is 0 Å². The molecule has 0 aromatic carbocycles. The molecule has 1 N–H and O–H groups in total. The molecule has 0 unspecified atom stereocenters. The van der Waals surface area contributed by atoms with Gasteiger partial charge in [0.05, 0.1) is 0 Å². The molecule has 1 aromatic rings. The number of rotatable bonds is 3. The average molecular weight is 203 g/mol. The van der Waals surface area contributed by atoms with Crippen LogP contribution in [0.5, 0.6) is 0 Å². The Balaban J connectivity index is 3.14. The highest BCUT2D eigenvalue weighted by Gasteiger charge is 2.17. The molecule has 1 aromatic heterocycles. The SMILES string of the molecule is CCCc1nc(Cl)c(C(=O)O)n1C. The Hall–Kier alpha value is -1.03. The number of carbonyl (C=O) groups is 1. The molecule has 0 bridgehead atoms. The van der Waals surface area contributed by atoms with E-state index < -0.39 is 5.97 Å². The summed E-state index contributed by atoms with van der Waals surface area (Å²) in [5.74, 6) is -0.327. The summed E-state index contributed by atoms with van der Waals surface area (Å²) < 4.78 is 1.52. The number of imidazole rings is 1. The molecule has 0 aliphatic heterocycles. The van der Waals surface area contributed by atoms with Crippen LogP contribution in [0, 0.1) is 0 Å². The summed E-state index contributed by atoms with van der Waals surface area (Å²) >= 11 is 5.67. The highest BCUT2D eigenvalue weighted by Crippen LogP contribution is 2.16. The van der Waals surface area contributed by atoms with Gasteiger partial charge in [-0.2, -0.15) is 0 Å². The number of carboxylic acid groups (broad SMARTS) is 1. The Kier molecular flexibility index (Phi) is 2.93. The van der Waals surface area contributed by atoms with E-state index in [1.807, 2.05) is 6.92 Å². The minimum atomic E-state index is -1.04. The van der Waals surface area contributed by atoms with Crippen molar-refractivity contribution in [3.8, 4) is 0 Å². The number of aromatic carboxylic acids is 1. The van der Waals surface area contributed by atoms with Crippen molar-refractivity contribution in [1.29, 1.82) is 0 Å². The average Bonchev–Trinajstić information content (AvgIpc) is 2.28. The maximum atomic E-state index is 10.7. The van der Waals surface area contributed by atoms with Gasteiger partial charge in [0.1, 0.15) is 5.82 Å². The minimum absolute atomic E-state index is 0.0603. The fraction of sp³-hybridized carbons (Fsp3) is 0.500. The Morgan fingerprint density at radius 1 is 1.69 bits per heavy atom. The van der Waals surface area contributed by atoms with Gasteiger partial charge >= 0.3 is 5.97 Å². The zero-order chi connectivity index (χ0) is 10.0. The second-order valence-electron chi connectivity index (χ2n) is 2.78. The minimum Gasteiger partial charge on any atom is -0.476 e. The topological polar surface area (TPSA) is 55.1 Å². The zero-order valence-corrected chi connectivity index (χ0v) is 8.30. The Labute approximate surface area is 81.2 Å². The molecule has 1 rings (SSSR count). The molecule has 0 aliphatic rings. The van der Waals surface area contributed by atoms with Crippen LogP contribution < -0.4 is 0 Å². The predicted octanol–water partition coefficient (Wildman–Crippen LogP) is 1.72. The zero-order valence-electron chi connectivity index (χ0n) is 7.54. The van der Waals surface area contributed by atoms with Gasteiger partial charge in [-0.1, -0.05) is 18.5 Å². The van der Waals surface area contributed by atoms with Crippen molar-refractivity contribution in [2.45, 2.75) is 19.8 Å². The lowest BCUT2D eigenvalue weighted by atomic mass is 10.3. The van der Waals surface area contributed by atoms with Gasteiger partial charge in [0.15, 0.2) is 10.8 Å². The summed E-state index contributed by atoms with van der Waals surface area (Å²) in [6.07, 6.45) is 1.66. The normalized spacial score (nSPS) is 10.4. The number of aryl methyl sites for hydroxylation is 1. The van der Waals surface area contributed by atoms with Gasteiger partial charge in [-0.05, 0) is 6.42 Å². The quantitative estimate of drug-likeness (QED) is 0.812. The van der Waals surface area contributed by atoms with Gasteiger partial charge < -0.3 is 9.67 Å². The van der Waals surface area contributed by atoms with E-state index in [4.69, 9.17) is 16.7 Å². The lowest BCUT2D eigenvalue weighted by Crippen LogP contribution is -2.07. The molecule has 0 fully saturated rings. The van der Waals surface area contributed by atoms with Crippen LogP contribution in [0.2, 0.25) is 5.15 Å². The fourth-order valence-electron chi connectivity index (χ4n) is 1.19. The van der Waals surface area contributed by atoms with Crippen LogP contribution in [0.1, 0.15) is 29.7 Å². The Bertz CT molecular complexity index is 333. The number of aromatic nitrogens is 2. The third-order valence-corrected chi connectivity index (χ3v) is 2.08. The molecule has 72 valence electrons. The number of halogens is 1. The summed E-state index contributed by atoms with van der Waals surface area (Å²) in [7, 11) is 1.66. The standard InChI is InChI=1S/C8H11ClN2O2/c1-3-4-5-10-7(9)6(8(12)13)11(5)2/h3-4H2,1-2H3,(H,12,13). The lowest BCUT2D eigenvalue weighted by molar-refractivity contribution is 0.0686. The number of hydrogen-bond donors (Lipinski definition) is 1. The maximum absolute atomic E-state index is 10.7. The summed E-state index contributed by atoms with van der Waals surface area (Å²) in [6, 6.07) is 0. The van der Waals surface area contributed by atoms with Crippen LogP contribution in [0.4, 0.5) is 0 Å². The maximum Gasteiger partial charge on any atom is 0.355 e. The molecule has 1 heterocycles.